The van der Waals surface area contributed by atoms with Crippen molar-refractivity contribution in [3.05, 3.63) is 69.5 Å². The van der Waals surface area contributed by atoms with Crippen LogP contribution in [0, 0.1) is 6.92 Å². The summed E-state index contributed by atoms with van der Waals surface area (Å²) in [6.45, 7) is 8.21. The lowest BCUT2D eigenvalue weighted by molar-refractivity contribution is 0.403. The van der Waals surface area contributed by atoms with Crippen LogP contribution >= 0.6 is 11.3 Å². The van der Waals surface area contributed by atoms with Gasteiger partial charge in [0.2, 0.25) is 0 Å². The Bertz CT molecular complexity index is 651. The Hall–Kier alpha value is -2.00. The summed E-state index contributed by atoms with van der Waals surface area (Å²) in [6, 6.07) is 9.11. The third kappa shape index (κ3) is 6.19. The Labute approximate surface area is 137 Å². The van der Waals surface area contributed by atoms with Gasteiger partial charge in [0, 0.05) is 16.2 Å². The van der Waals surface area contributed by atoms with Crippen LogP contribution in [0.2, 0.25) is 0 Å². The standard InChI is InChI=1S/C12H12O2S.C7H12/c1-8-2-4-10(15-8)6-9-3-5-11(13)12(14)7-9;1-4-6-7(3)5-2/h2-5,7,13-14H,6H2,1H3;4-6H,1-3H3/b;6-4-,7-5-. The van der Waals surface area contributed by atoms with E-state index in [1.54, 1.807) is 17.4 Å². The normalized spacial score (nSPS) is 11.4. The molecule has 0 atom stereocenters. The highest BCUT2D eigenvalue weighted by molar-refractivity contribution is 7.11. The Kier molecular flexibility index (Phi) is 7.47. The lowest BCUT2D eigenvalue weighted by Gasteiger charge is -2.01. The number of rotatable bonds is 3. The molecule has 0 saturated carbocycles. The number of hydrogen-bond acceptors (Lipinski definition) is 3. The van der Waals surface area contributed by atoms with Gasteiger partial charge >= 0.3 is 0 Å². The van der Waals surface area contributed by atoms with Crippen LogP contribution in [0.1, 0.15) is 36.1 Å². The molecule has 2 nitrogen and oxygen atoms in total. The van der Waals surface area contributed by atoms with Gasteiger partial charge in [-0.15, -0.1) is 11.3 Å². The molecular formula is C19H24O2S. The van der Waals surface area contributed by atoms with Gasteiger partial charge in [-0.1, -0.05) is 29.9 Å². The number of thiophene rings is 1. The van der Waals surface area contributed by atoms with E-state index >= 15 is 0 Å². The number of allylic oxidation sites excluding steroid dienone is 4. The lowest BCUT2D eigenvalue weighted by Crippen LogP contribution is -1.83. The molecule has 1 aromatic carbocycles. The molecule has 22 heavy (non-hydrogen) atoms. The first kappa shape index (κ1) is 18.1. The molecule has 2 rings (SSSR count). The number of benzene rings is 1. The molecule has 0 fully saturated rings. The molecular weight excluding hydrogens is 292 g/mol. The zero-order valence-corrected chi connectivity index (χ0v) is 14.4. The van der Waals surface area contributed by atoms with Crippen molar-refractivity contribution in [2.75, 3.05) is 0 Å². The molecule has 2 N–H and O–H groups in total. The molecule has 0 aliphatic heterocycles. The van der Waals surface area contributed by atoms with Gasteiger partial charge in [-0.2, -0.15) is 0 Å². The average Bonchev–Trinajstić information content (AvgIpc) is 2.89. The topological polar surface area (TPSA) is 40.5 Å². The fourth-order valence-corrected chi connectivity index (χ4v) is 2.74. The number of aromatic hydroxyl groups is 2. The maximum Gasteiger partial charge on any atom is 0.157 e. The third-order valence-electron chi connectivity index (χ3n) is 3.10. The summed E-state index contributed by atoms with van der Waals surface area (Å²) < 4.78 is 0. The number of phenols is 2. The number of aryl methyl sites for hydroxylation is 1. The molecule has 1 aromatic heterocycles. The minimum absolute atomic E-state index is 0.0548. The molecule has 0 spiro atoms. The second-order valence-electron chi connectivity index (χ2n) is 5.04. The van der Waals surface area contributed by atoms with E-state index in [4.69, 9.17) is 5.11 Å². The first-order valence-electron chi connectivity index (χ1n) is 7.28. The fraction of sp³-hybridized carbons (Fsp3) is 0.263. The quantitative estimate of drug-likeness (QED) is 0.572. The summed E-state index contributed by atoms with van der Waals surface area (Å²) in [4.78, 5) is 2.55. The maximum atomic E-state index is 9.34. The number of phenolic OH excluding ortho intramolecular Hbond substituents is 2. The summed E-state index contributed by atoms with van der Waals surface area (Å²) in [5.41, 5.74) is 2.33. The van der Waals surface area contributed by atoms with Crippen molar-refractivity contribution in [2.45, 2.75) is 34.1 Å². The van der Waals surface area contributed by atoms with Crippen LogP contribution in [0.5, 0.6) is 11.5 Å². The van der Waals surface area contributed by atoms with E-state index in [0.717, 1.165) is 12.0 Å². The van der Waals surface area contributed by atoms with Gasteiger partial charge < -0.3 is 10.2 Å². The summed E-state index contributed by atoms with van der Waals surface area (Å²) in [6.07, 6.45) is 7.00. The smallest absolute Gasteiger partial charge is 0.157 e. The second-order valence-corrected chi connectivity index (χ2v) is 6.42. The molecule has 0 saturated heterocycles. The van der Waals surface area contributed by atoms with E-state index in [1.165, 1.54) is 21.4 Å². The van der Waals surface area contributed by atoms with Crippen molar-refractivity contribution in [1.29, 1.82) is 0 Å². The van der Waals surface area contributed by atoms with E-state index in [-0.39, 0.29) is 11.5 Å². The van der Waals surface area contributed by atoms with E-state index in [0.29, 0.717) is 0 Å². The zero-order chi connectivity index (χ0) is 16.5. The first-order chi connectivity index (χ1) is 10.5. The van der Waals surface area contributed by atoms with Gasteiger partial charge in [-0.3, -0.25) is 0 Å². The summed E-state index contributed by atoms with van der Waals surface area (Å²) in [5, 5.41) is 18.5. The monoisotopic (exact) mass is 316 g/mol. The lowest BCUT2D eigenvalue weighted by atomic mass is 10.1. The molecule has 0 bridgehead atoms. The molecule has 0 aliphatic carbocycles. The Balaban J connectivity index is 0.000000295. The fourth-order valence-electron chi connectivity index (χ4n) is 1.82. The highest BCUT2D eigenvalue weighted by atomic mass is 32.1. The summed E-state index contributed by atoms with van der Waals surface area (Å²) in [5.74, 6) is -0.123. The van der Waals surface area contributed by atoms with Crippen LogP contribution in [0.25, 0.3) is 0 Å². The van der Waals surface area contributed by atoms with Crippen molar-refractivity contribution < 1.29 is 10.2 Å². The number of hydrogen-bond donors (Lipinski definition) is 2. The van der Waals surface area contributed by atoms with Gasteiger partial charge in [-0.05, 0) is 57.5 Å². The van der Waals surface area contributed by atoms with Crippen LogP contribution in [0.15, 0.2) is 54.1 Å². The van der Waals surface area contributed by atoms with E-state index in [9.17, 15) is 5.11 Å². The summed E-state index contributed by atoms with van der Waals surface area (Å²) >= 11 is 1.75. The van der Waals surface area contributed by atoms with Crippen LogP contribution in [0.4, 0.5) is 0 Å². The average molecular weight is 316 g/mol. The van der Waals surface area contributed by atoms with Gasteiger partial charge in [-0.25, -0.2) is 0 Å². The minimum Gasteiger partial charge on any atom is -0.504 e. The second kappa shape index (κ2) is 9.11. The van der Waals surface area contributed by atoms with E-state index < -0.39 is 0 Å². The molecule has 1 heterocycles. The largest absolute Gasteiger partial charge is 0.504 e. The van der Waals surface area contributed by atoms with Crippen molar-refractivity contribution >= 4 is 11.3 Å². The third-order valence-corrected chi connectivity index (χ3v) is 4.10. The molecule has 2 aromatic rings. The summed E-state index contributed by atoms with van der Waals surface area (Å²) in [7, 11) is 0. The Morgan fingerprint density at radius 3 is 2.27 bits per heavy atom. The van der Waals surface area contributed by atoms with Gasteiger partial charge in [0.25, 0.3) is 0 Å². The van der Waals surface area contributed by atoms with Crippen LogP contribution < -0.4 is 0 Å². The van der Waals surface area contributed by atoms with E-state index in [2.05, 4.69) is 38.1 Å². The molecule has 3 heteroatoms. The molecule has 0 radical (unpaired) electrons. The van der Waals surface area contributed by atoms with Crippen LogP contribution in [0.3, 0.4) is 0 Å². The minimum atomic E-state index is -0.0684. The van der Waals surface area contributed by atoms with Gasteiger partial charge in [0.05, 0.1) is 0 Å². The van der Waals surface area contributed by atoms with Crippen molar-refractivity contribution in [2.24, 2.45) is 0 Å². The molecule has 0 unspecified atom stereocenters. The predicted molar refractivity (Wildman–Crippen MR) is 95.9 cm³/mol. The van der Waals surface area contributed by atoms with Crippen molar-refractivity contribution in [1.82, 2.24) is 0 Å². The highest BCUT2D eigenvalue weighted by Gasteiger charge is 2.03. The SMILES string of the molecule is C/C=C\C(C)=C/C.Cc1ccc(Cc2ccc(O)c(O)c2)s1. The Morgan fingerprint density at radius 2 is 1.82 bits per heavy atom. The zero-order valence-electron chi connectivity index (χ0n) is 13.6. The molecule has 0 amide bonds. The Morgan fingerprint density at radius 1 is 1.09 bits per heavy atom. The predicted octanol–water partition coefficient (Wildman–Crippen LogP) is 5.59. The van der Waals surface area contributed by atoms with Gasteiger partial charge in [0.1, 0.15) is 0 Å². The molecule has 0 aliphatic rings. The van der Waals surface area contributed by atoms with Crippen LogP contribution in [-0.2, 0) is 6.42 Å². The molecule has 118 valence electrons. The first-order valence-corrected chi connectivity index (χ1v) is 8.09. The van der Waals surface area contributed by atoms with Crippen LogP contribution in [-0.4, -0.2) is 10.2 Å². The maximum absolute atomic E-state index is 9.34. The van der Waals surface area contributed by atoms with E-state index in [1.807, 2.05) is 26.0 Å². The van der Waals surface area contributed by atoms with Gasteiger partial charge in [0.15, 0.2) is 11.5 Å². The van der Waals surface area contributed by atoms with Crippen molar-refractivity contribution in [3.8, 4) is 11.5 Å². The van der Waals surface area contributed by atoms with Crippen molar-refractivity contribution in [3.63, 3.8) is 0 Å². The highest BCUT2D eigenvalue weighted by Crippen LogP contribution is 2.27.